The number of amides is 1. The lowest BCUT2D eigenvalue weighted by Crippen LogP contribution is -2.30. The molecule has 0 aromatic rings. The Balaban J connectivity index is 3.67. The molecule has 0 saturated carbocycles. The fourth-order valence-electron chi connectivity index (χ4n) is 0.838. The standard InChI is InChI=1S/C7H17N3O3S/c8-4-1-2-6-14(12,13)10-5-3-7(9)11/h10H,1-6,8H2,(H2,9,11). The van der Waals surface area contributed by atoms with Crippen LogP contribution in [0.1, 0.15) is 19.3 Å². The first-order chi connectivity index (χ1) is 6.48. The van der Waals surface area contributed by atoms with Crippen molar-refractivity contribution in [1.29, 1.82) is 0 Å². The van der Waals surface area contributed by atoms with Crippen LogP contribution >= 0.6 is 0 Å². The van der Waals surface area contributed by atoms with Gasteiger partial charge in [-0.1, -0.05) is 0 Å². The molecule has 0 aromatic carbocycles. The van der Waals surface area contributed by atoms with Gasteiger partial charge in [-0.15, -0.1) is 0 Å². The molecule has 1 amide bonds. The minimum absolute atomic E-state index is 0.0239. The highest BCUT2D eigenvalue weighted by molar-refractivity contribution is 7.89. The minimum Gasteiger partial charge on any atom is -0.370 e. The van der Waals surface area contributed by atoms with Gasteiger partial charge in [-0.25, -0.2) is 13.1 Å². The molecule has 0 atom stereocenters. The second-order valence-electron chi connectivity index (χ2n) is 2.93. The maximum Gasteiger partial charge on any atom is 0.218 e. The van der Waals surface area contributed by atoms with Gasteiger partial charge in [0.2, 0.25) is 15.9 Å². The Kier molecular flexibility index (Phi) is 6.43. The smallest absolute Gasteiger partial charge is 0.218 e. The van der Waals surface area contributed by atoms with Gasteiger partial charge >= 0.3 is 0 Å². The first kappa shape index (κ1) is 13.3. The highest BCUT2D eigenvalue weighted by atomic mass is 32.2. The van der Waals surface area contributed by atoms with Crippen molar-refractivity contribution in [3.8, 4) is 0 Å². The van der Waals surface area contributed by atoms with Crippen LogP contribution in [0.2, 0.25) is 0 Å². The van der Waals surface area contributed by atoms with Gasteiger partial charge in [0, 0.05) is 13.0 Å². The van der Waals surface area contributed by atoms with E-state index in [1.54, 1.807) is 0 Å². The van der Waals surface area contributed by atoms with Gasteiger partial charge in [0.25, 0.3) is 0 Å². The van der Waals surface area contributed by atoms with Crippen LogP contribution < -0.4 is 16.2 Å². The summed E-state index contributed by atoms with van der Waals surface area (Å²) in [6.07, 6.45) is 1.23. The van der Waals surface area contributed by atoms with Gasteiger partial charge in [0.15, 0.2) is 0 Å². The molecule has 0 spiro atoms. The molecule has 0 rings (SSSR count). The fraction of sp³-hybridized carbons (Fsp3) is 0.857. The first-order valence-electron chi connectivity index (χ1n) is 4.43. The van der Waals surface area contributed by atoms with Crippen LogP contribution in [0, 0.1) is 0 Å². The summed E-state index contributed by atoms with van der Waals surface area (Å²) in [4.78, 5) is 10.3. The molecule has 0 saturated heterocycles. The number of hydrogen-bond acceptors (Lipinski definition) is 4. The molecule has 0 aliphatic rings. The predicted octanol–water partition coefficient (Wildman–Crippen LogP) is -1.48. The van der Waals surface area contributed by atoms with E-state index in [-0.39, 0.29) is 18.7 Å². The molecule has 0 aliphatic carbocycles. The Morgan fingerprint density at radius 2 is 1.93 bits per heavy atom. The van der Waals surface area contributed by atoms with E-state index in [4.69, 9.17) is 11.5 Å². The van der Waals surface area contributed by atoms with E-state index in [0.29, 0.717) is 19.4 Å². The molecule has 0 bridgehead atoms. The summed E-state index contributed by atoms with van der Waals surface area (Å²) in [5.41, 5.74) is 10.1. The van der Waals surface area contributed by atoms with Gasteiger partial charge in [-0.2, -0.15) is 0 Å². The van der Waals surface area contributed by atoms with Crippen LogP contribution in [0.4, 0.5) is 0 Å². The summed E-state index contributed by atoms with van der Waals surface area (Å²) in [7, 11) is -3.26. The number of nitrogens with two attached hydrogens (primary N) is 2. The van der Waals surface area contributed by atoms with Crippen molar-refractivity contribution in [2.75, 3.05) is 18.8 Å². The van der Waals surface area contributed by atoms with Crippen molar-refractivity contribution in [3.63, 3.8) is 0 Å². The molecule has 14 heavy (non-hydrogen) atoms. The number of sulfonamides is 1. The molecule has 84 valence electrons. The van der Waals surface area contributed by atoms with Gasteiger partial charge < -0.3 is 11.5 Å². The molecule has 0 aliphatic heterocycles. The summed E-state index contributed by atoms with van der Waals surface area (Å²) in [6.45, 7) is 0.553. The minimum atomic E-state index is -3.26. The molecule has 5 N–H and O–H groups in total. The Labute approximate surface area is 84.1 Å². The Bertz CT molecular complexity index is 263. The molecule has 0 radical (unpaired) electrons. The largest absolute Gasteiger partial charge is 0.370 e. The van der Waals surface area contributed by atoms with Crippen LogP contribution in [-0.2, 0) is 14.8 Å². The van der Waals surface area contributed by atoms with E-state index >= 15 is 0 Å². The van der Waals surface area contributed by atoms with Crippen LogP contribution in [-0.4, -0.2) is 33.2 Å². The maximum absolute atomic E-state index is 11.2. The SMILES string of the molecule is NCCCCS(=O)(=O)NCCC(N)=O. The number of nitrogens with one attached hydrogen (secondary N) is 1. The highest BCUT2D eigenvalue weighted by Crippen LogP contribution is 1.93. The van der Waals surface area contributed by atoms with Gasteiger partial charge in [-0.3, -0.25) is 4.79 Å². The zero-order valence-corrected chi connectivity index (χ0v) is 8.85. The first-order valence-corrected chi connectivity index (χ1v) is 6.09. The van der Waals surface area contributed by atoms with Crippen molar-refractivity contribution >= 4 is 15.9 Å². The van der Waals surface area contributed by atoms with Crippen LogP contribution in [0.5, 0.6) is 0 Å². The highest BCUT2D eigenvalue weighted by Gasteiger charge is 2.08. The van der Waals surface area contributed by atoms with E-state index in [1.807, 2.05) is 0 Å². The molecule has 6 nitrogen and oxygen atoms in total. The fourth-order valence-corrected chi connectivity index (χ4v) is 1.98. The summed E-state index contributed by atoms with van der Waals surface area (Å²) in [5, 5.41) is 0. The Hall–Kier alpha value is -0.660. The number of hydrogen-bond donors (Lipinski definition) is 3. The summed E-state index contributed by atoms with van der Waals surface area (Å²) in [5.74, 6) is -0.474. The Morgan fingerprint density at radius 3 is 2.43 bits per heavy atom. The molecule has 0 unspecified atom stereocenters. The van der Waals surface area contributed by atoms with Crippen LogP contribution in [0.3, 0.4) is 0 Å². The summed E-state index contributed by atoms with van der Waals surface area (Å²) in [6, 6.07) is 0. The van der Waals surface area contributed by atoms with Gasteiger partial charge in [-0.05, 0) is 19.4 Å². The number of unbranched alkanes of at least 4 members (excludes halogenated alkanes) is 1. The van der Waals surface area contributed by atoms with Gasteiger partial charge in [0.05, 0.1) is 5.75 Å². The monoisotopic (exact) mass is 223 g/mol. The lowest BCUT2D eigenvalue weighted by molar-refractivity contribution is -0.117. The predicted molar refractivity (Wildman–Crippen MR) is 53.9 cm³/mol. The average Bonchev–Trinajstić information content (AvgIpc) is 2.03. The summed E-state index contributed by atoms with van der Waals surface area (Å²) < 4.78 is 24.6. The maximum atomic E-state index is 11.2. The molecular formula is C7H17N3O3S. The normalized spacial score (nSPS) is 11.5. The van der Waals surface area contributed by atoms with E-state index in [2.05, 4.69) is 4.72 Å². The summed E-state index contributed by atoms with van der Waals surface area (Å²) >= 11 is 0. The molecule has 0 aromatic heterocycles. The van der Waals surface area contributed by atoms with Crippen LogP contribution in [0.15, 0.2) is 0 Å². The van der Waals surface area contributed by atoms with E-state index < -0.39 is 15.9 Å². The zero-order valence-electron chi connectivity index (χ0n) is 8.03. The number of primary amides is 1. The number of carbonyl (C=O) groups excluding carboxylic acids is 1. The quantitative estimate of drug-likeness (QED) is 0.435. The third kappa shape index (κ3) is 7.96. The van der Waals surface area contributed by atoms with E-state index in [0.717, 1.165) is 0 Å². The van der Waals surface area contributed by atoms with Crippen molar-refractivity contribution in [1.82, 2.24) is 4.72 Å². The lowest BCUT2D eigenvalue weighted by Gasteiger charge is -2.04. The third-order valence-corrected chi connectivity index (χ3v) is 3.03. The van der Waals surface area contributed by atoms with Crippen molar-refractivity contribution in [2.45, 2.75) is 19.3 Å². The van der Waals surface area contributed by atoms with Crippen molar-refractivity contribution < 1.29 is 13.2 Å². The average molecular weight is 223 g/mol. The van der Waals surface area contributed by atoms with Crippen LogP contribution in [0.25, 0.3) is 0 Å². The topological polar surface area (TPSA) is 115 Å². The molecule has 7 heteroatoms. The van der Waals surface area contributed by atoms with E-state index in [1.165, 1.54) is 0 Å². The second-order valence-corrected chi connectivity index (χ2v) is 4.85. The lowest BCUT2D eigenvalue weighted by atomic mass is 10.3. The molecule has 0 fully saturated rings. The second kappa shape index (κ2) is 6.74. The Morgan fingerprint density at radius 1 is 1.29 bits per heavy atom. The molecular weight excluding hydrogens is 206 g/mol. The zero-order chi connectivity index (χ0) is 11.0. The number of rotatable bonds is 8. The third-order valence-electron chi connectivity index (χ3n) is 1.56. The van der Waals surface area contributed by atoms with Crippen molar-refractivity contribution in [3.05, 3.63) is 0 Å². The number of carbonyl (C=O) groups is 1. The molecule has 0 heterocycles. The van der Waals surface area contributed by atoms with Crippen molar-refractivity contribution in [2.24, 2.45) is 11.5 Å². The van der Waals surface area contributed by atoms with E-state index in [9.17, 15) is 13.2 Å². The van der Waals surface area contributed by atoms with Gasteiger partial charge in [0.1, 0.15) is 0 Å².